The van der Waals surface area contributed by atoms with Gasteiger partial charge in [0.05, 0.1) is 0 Å². The molecule has 0 spiro atoms. The van der Waals surface area contributed by atoms with Crippen molar-refractivity contribution < 1.29 is 55.2 Å². The van der Waals surface area contributed by atoms with Crippen LogP contribution in [0, 0.1) is 0 Å². The molecule has 0 bridgehead atoms. The van der Waals surface area contributed by atoms with Gasteiger partial charge in [-0.25, -0.2) is 0 Å². The summed E-state index contributed by atoms with van der Waals surface area (Å²) in [6, 6.07) is 0. The van der Waals surface area contributed by atoms with Crippen LogP contribution >= 0.6 is 8.79 Å². The van der Waals surface area contributed by atoms with Gasteiger partial charge in [0.2, 0.25) is 0 Å². The molecule has 0 aromatic rings. The summed E-state index contributed by atoms with van der Waals surface area (Å²) in [5.74, 6) is 0. The van der Waals surface area contributed by atoms with Crippen molar-refractivity contribution >= 4 is 18.7 Å². The third-order valence-electron chi connectivity index (χ3n) is 0. The first kappa shape index (κ1) is 26.3. The molecule has 38 valence electrons. The standard InChI is InChI=1S/Cu.Mn.H5PSi.W/c;;1-2;/h;;1H2,2H3;. The normalized spacial score (nSPS) is 1.80. The fraction of sp³-hybridized carbons (Fsp3) is 0. The van der Waals surface area contributed by atoms with Gasteiger partial charge in [0, 0.05) is 65.1 Å². The zero-order valence-corrected chi connectivity index (χ0v) is 10.9. The maximum atomic E-state index is 2.56. The summed E-state index contributed by atoms with van der Waals surface area (Å²) in [6.45, 7) is 0. The maximum absolute atomic E-state index is 2.56. The van der Waals surface area contributed by atoms with Crippen LogP contribution in [0.1, 0.15) is 0 Å². The molecule has 0 rings (SSSR count). The van der Waals surface area contributed by atoms with E-state index in [-0.39, 0.29) is 55.2 Å². The Kier molecular flexibility index (Phi) is 172. The van der Waals surface area contributed by atoms with Gasteiger partial charge in [-0.2, -0.15) is 8.79 Å². The Hall–Kier alpha value is 2.37. The number of hydrogen-bond acceptors (Lipinski definition) is 0. The predicted octanol–water partition coefficient (Wildman–Crippen LogP) is -0.866. The molecule has 0 amide bonds. The van der Waals surface area contributed by atoms with Crippen molar-refractivity contribution in [1.82, 2.24) is 0 Å². The van der Waals surface area contributed by atoms with Gasteiger partial charge in [-0.15, -0.1) is 0 Å². The molecule has 5 heteroatoms. The summed E-state index contributed by atoms with van der Waals surface area (Å²) in [6.07, 6.45) is 0. The van der Waals surface area contributed by atoms with Crippen LogP contribution in [0.4, 0.5) is 0 Å². The summed E-state index contributed by atoms with van der Waals surface area (Å²) in [5, 5.41) is 0. The smallest absolute Gasteiger partial charge is 0.0252 e. The Morgan fingerprint density at radius 1 is 1.20 bits per heavy atom. The molecule has 0 heterocycles. The average molecular weight is 366 g/mol. The second-order valence-electron chi connectivity index (χ2n) is 0. The Bertz CT molecular complexity index is 11.6. The summed E-state index contributed by atoms with van der Waals surface area (Å²) in [7, 11) is 3.78. The van der Waals surface area contributed by atoms with Gasteiger partial charge in [0.25, 0.3) is 0 Å². The quantitative estimate of drug-likeness (QED) is 0.387. The molecule has 0 fully saturated rings. The second kappa shape index (κ2) is 32.7. The van der Waals surface area contributed by atoms with Gasteiger partial charge < -0.3 is 0 Å². The third-order valence-corrected chi connectivity index (χ3v) is 0. The summed E-state index contributed by atoms with van der Waals surface area (Å²) in [5.41, 5.74) is 0. The maximum Gasteiger partial charge on any atom is 0.0252 e. The molecule has 0 saturated carbocycles. The van der Waals surface area contributed by atoms with E-state index in [2.05, 4.69) is 8.79 Å². The van der Waals surface area contributed by atoms with Crippen molar-refractivity contribution in [1.29, 1.82) is 0 Å². The molecule has 1 unspecified atom stereocenters. The van der Waals surface area contributed by atoms with Crippen molar-refractivity contribution in [2.45, 2.75) is 0 Å². The Balaban J connectivity index is -0.00000000167. The van der Waals surface area contributed by atoms with Crippen molar-refractivity contribution in [3.05, 3.63) is 0 Å². The Morgan fingerprint density at radius 3 is 1.20 bits per heavy atom. The molecule has 0 aliphatic rings. The summed E-state index contributed by atoms with van der Waals surface area (Å²) < 4.78 is 0. The van der Waals surface area contributed by atoms with Crippen molar-refractivity contribution in [2.24, 2.45) is 0 Å². The van der Waals surface area contributed by atoms with Crippen LogP contribution in [-0.4, -0.2) is 9.91 Å². The van der Waals surface area contributed by atoms with E-state index in [4.69, 9.17) is 0 Å². The molecule has 5 heavy (non-hydrogen) atoms. The molecule has 1 atom stereocenters. The van der Waals surface area contributed by atoms with Crippen molar-refractivity contribution in [3.8, 4) is 0 Å². The van der Waals surface area contributed by atoms with Gasteiger partial charge in [0.1, 0.15) is 0 Å². The molecule has 0 N–H and O–H groups in total. The summed E-state index contributed by atoms with van der Waals surface area (Å²) >= 11 is 0. The predicted molar refractivity (Wildman–Crippen MR) is 19.6 cm³/mol. The SMILES string of the molecule is [Cu].[Mn].[SiH3]P.[W]. The molecule has 0 aromatic carbocycles. The van der Waals surface area contributed by atoms with E-state index in [0.29, 0.717) is 0 Å². The zero-order valence-electron chi connectivity index (χ0n) is 2.67. The van der Waals surface area contributed by atoms with E-state index in [1.54, 1.807) is 0 Å². The minimum Gasteiger partial charge on any atom is -0.159 e. The Labute approximate surface area is 73.3 Å². The largest absolute Gasteiger partial charge is 0.159 e. The first-order valence-electron chi connectivity index (χ1n) is 0.577. The molecule has 0 aliphatic carbocycles. The van der Waals surface area contributed by atoms with Gasteiger partial charge in [-0.05, 0) is 0 Å². The van der Waals surface area contributed by atoms with Crippen LogP contribution < -0.4 is 0 Å². The first-order chi connectivity index (χ1) is 1.00. The molecule has 2 radical (unpaired) electrons. The van der Waals surface area contributed by atoms with E-state index >= 15 is 0 Å². The molecule has 0 nitrogen and oxygen atoms in total. The molecular formula is H5CuMnPSiW. The first-order valence-corrected chi connectivity index (χ1v) is 5.20. The minimum absolute atomic E-state index is 0. The van der Waals surface area contributed by atoms with Crippen LogP contribution in [0.3, 0.4) is 0 Å². The van der Waals surface area contributed by atoms with E-state index in [0.717, 1.165) is 0 Å². The van der Waals surface area contributed by atoms with E-state index in [9.17, 15) is 0 Å². The van der Waals surface area contributed by atoms with Crippen molar-refractivity contribution in [3.63, 3.8) is 0 Å². The van der Waals surface area contributed by atoms with Gasteiger partial charge in [-0.3, -0.25) is 0 Å². The molecule has 0 aromatic heterocycles. The van der Waals surface area contributed by atoms with Gasteiger partial charge in [-0.1, -0.05) is 0 Å². The van der Waals surface area contributed by atoms with E-state index in [1.165, 1.54) is 9.91 Å². The Morgan fingerprint density at radius 2 is 1.20 bits per heavy atom. The van der Waals surface area contributed by atoms with E-state index < -0.39 is 0 Å². The van der Waals surface area contributed by atoms with Crippen LogP contribution in [0.5, 0.6) is 0 Å². The molecule has 0 saturated heterocycles. The molecule has 0 aliphatic heterocycles. The summed E-state index contributed by atoms with van der Waals surface area (Å²) in [4.78, 5) is 0. The zero-order chi connectivity index (χ0) is 2.00. The van der Waals surface area contributed by atoms with Crippen LogP contribution in [0.25, 0.3) is 0 Å². The number of rotatable bonds is 0. The van der Waals surface area contributed by atoms with Crippen LogP contribution in [0.2, 0.25) is 0 Å². The fourth-order valence-electron chi connectivity index (χ4n) is 0. The minimum atomic E-state index is 0. The van der Waals surface area contributed by atoms with E-state index in [1.807, 2.05) is 0 Å². The average Bonchev–Trinajstić information content (AvgIpc) is 1.00. The fourth-order valence-corrected chi connectivity index (χ4v) is 0. The third kappa shape index (κ3) is 21.6. The number of hydrogen-bond donors (Lipinski definition) is 0. The van der Waals surface area contributed by atoms with Crippen molar-refractivity contribution in [2.75, 3.05) is 0 Å². The van der Waals surface area contributed by atoms with Gasteiger partial charge >= 0.3 is 0 Å². The van der Waals surface area contributed by atoms with Crippen LogP contribution in [-0.2, 0) is 55.2 Å². The van der Waals surface area contributed by atoms with Crippen LogP contribution in [0.15, 0.2) is 0 Å². The second-order valence-corrected chi connectivity index (χ2v) is 0. The topological polar surface area (TPSA) is 0 Å². The monoisotopic (exact) mass is 366 g/mol. The van der Waals surface area contributed by atoms with Gasteiger partial charge in [0.15, 0.2) is 0 Å². The molecular weight excluding hydrogens is 361 g/mol.